The first-order valence-electron chi connectivity index (χ1n) is 6.08. The number of ether oxygens (including phenoxy) is 1. The summed E-state index contributed by atoms with van der Waals surface area (Å²) in [5, 5.41) is 0.937. The molecule has 3 nitrogen and oxygen atoms in total. The van der Waals surface area contributed by atoms with E-state index in [9.17, 15) is 4.79 Å². The molecule has 0 fully saturated rings. The Bertz CT molecular complexity index is 582. The lowest BCUT2D eigenvalue weighted by Crippen LogP contribution is -2.11. The van der Waals surface area contributed by atoms with Gasteiger partial charge in [-0.25, -0.2) is 9.78 Å². The van der Waals surface area contributed by atoms with E-state index >= 15 is 0 Å². The lowest BCUT2D eigenvalue weighted by molar-refractivity contribution is 0.0595. The Morgan fingerprint density at radius 1 is 1.21 bits per heavy atom. The van der Waals surface area contributed by atoms with Crippen molar-refractivity contribution < 1.29 is 9.53 Å². The number of methoxy groups -OCH3 is 1. The molecule has 0 atom stereocenters. The van der Waals surface area contributed by atoms with Crippen LogP contribution in [0.2, 0.25) is 0 Å². The number of hydrogen-bond donors (Lipinski definition) is 0. The van der Waals surface area contributed by atoms with Crippen molar-refractivity contribution in [2.45, 2.75) is 26.2 Å². The van der Waals surface area contributed by atoms with Crippen molar-refractivity contribution in [2.24, 2.45) is 0 Å². The summed E-state index contributed by atoms with van der Waals surface area (Å²) in [6.45, 7) is 6.25. The van der Waals surface area contributed by atoms with Gasteiger partial charge in [0, 0.05) is 5.41 Å². The first-order chi connectivity index (χ1) is 8.93. The predicted octanol–water partition coefficient (Wildman–Crippen LogP) is 3.89. The first-order valence-corrected chi connectivity index (χ1v) is 6.90. The van der Waals surface area contributed by atoms with Crippen LogP contribution in [0.1, 0.15) is 36.3 Å². The minimum absolute atomic E-state index is 0.0829. The summed E-state index contributed by atoms with van der Waals surface area (Å²) in [5.74, 6) is -0.384. The molecule has 0 aliphatic heterocycles. The number of aromatic nitrogens is 1. The molecule has 0 bridgehead atoms. The van der Waals surface area contributed by atoms with E-state index < -0.39 is 0 Å². The van der Waals surface area contributed by atoms with Crippen LogP contribution in [0.5, 0.6) is 0 Å². The van der Waals surface area contributed by atoms with Crippen LogP contribution in [-0.4, -0.2) is 18.1 Å². The summed E-state index contributed by atoms with van der Waals surface area (Å²) in [6, 6.07) is 9.81. The van der Waals surface area contributed by atoms with Crippen molar-refractivity contribution in [3.63, 3.8) is 0 Å². The zero-order valence-electron chi connectivity index (χ0n) is 11.6. The molecule has 0 saturated carbocycles. The van der Waals surface area contributed by atoms with Gasteiger partial charge in [-0.15, -0.1) is 11.3 Å². The fourth-order valence-corrected chi connectivity index (χ4v) is 2.78. The fraction of sp³-hybridized carbons (Fsp3) is 0.333. The van der Waals surface area contributed by atoms with Gasteiger partial charge < -0.3 is 4.74 Å². The third-order valence-corrected chi connectivity index (χ3v) is 4.21. The van der Waals surface area contributed by atoms with E-state index in [4.69, 9.17) is 4.74 Å². The molecule has 0 saturated heterocycles. The van der Waals surface area contributed by atoms with Crippen molar-refractivity contribution in [1.82, 2.24) is 4.98 Å². The molecule has 1 aromatic heterocycles. The number of rotatable bonds is 2. The van der Waals surface area contributed by atoms with E-state index in [2.05, 4.69) is 25.8 Å². The summed E-state index contributed by atoms with van der Waals surface area (Å²) in [4.78, 5) is 17.2. The number of thiazole rings is 1. The molecule has 1 aromatic carbocycles. The predicted molar refractivity (Wildman–Crippen MR) is 77.6 cm³/mol. The van der Waals surface area contributed by atoms with Gasteiger partial charge in [0.15, 0.2) is 5.69 Å². The minimum atomic E-state index is -0.384. The van der Waals surface area contributed by atoms with E-state index in [1.807, 2.05) is 30.3 Å². The molecule has 1 heterocycles. The quantitative estimate of drug-likeness (QED) is 0.780. The zero-order chi connectivity index (χ0) is 14.0. The van der Waals surface area contributed by atoms with Gasteiger partial charge >= 0.3 is 5.97 Å². The maximum atomic E-state index is 11.9. The molecule has 0 aliphatic carbocycles. The van der Waals surface area contributed by atoms with Crippen LogP contribution >= 0.6 is 11.3 Å². The summed E-state index contributed by atoms with van der Waals surface area (Å²) in [5.41, 5.74) is 1.32. The average Bonchev–Trinajstić information content (AvgIpc) is 2.83. The van der Waals surface area contributed by atoms with E-state index in [-0.39, 0.29) is 11.4 Å². The van der Waals surface area contributed by atoms with Crippen LogP contribution in [0.15, 0.2) is 30.3 Å². The molecule has 0 N–H and O–H groups in total. The number of esters is 1. The van der Waals surface area contributed by atoms with Crippen LogP contribution in [-0.2, 0) is 10.2 Å². The summed E-state index contributed by atoms with van der Waals surface area (Å²) < 4.78 is 4.83. The number of nitrogens with zero attached hydrogens (tertiary/aromatic N) is 1. The smallest absolute Gasteiger partial charge is 0.358 e. The van der Waals surface area contributed by atoms with Crippen molar-refractivity contribution in [3.8, 4) is 10.4 Å². The maximum Gasteiger partial charge on any atom is 0.358 e. The highest BCUT2D eigenvalue weighted by molar-refractivity contribution is 7.15. The van der Waals surface area contributed by atoms with Gasteiger partial charge in [0.05, 0.1) is 17.0 Å². The van der Waals surface area contributed by atoms with Gasteiger partial charge in [-0.3, -0.25) is 0 Å². The van der Waals surface area contributed by atoms with E-state index in [0.717, 1.165) is 15.4 Å². The first kappa shape index (κ1) is 13.7. The van der Waals surface area contributed by atoms with Crippen LogP contribution in [0.3, 0.4) is 0 Å². The van der Waals surface area contributed by atoms with E-state index in [0.29, 0.717) is 5.69 Å². The topological polar surface area (TPSA) is 39.2 Å². The third-order valence-electron chi connectivity index (χ3n) is 2.68. The van der Waals surface area contributed by atoms with Gasteiger partial charge in [0.25, 0.3) is 0 Å². The van der Waals surface area contributed by atoms with Gasteiger partial charge in [-0.1, -0.05) is 51.1 Å². The highest BCUT2D eigenvalue weighted by atomic mass is 32.1. The normalized spacial score (nSPS) is 11.4. The molecular formula is C15H17NO2S. The lowest BCUT2D eigenvalue weighted by Gasteiger charge is -2.13. The summed E-state index contributed by atoms with van der Waals surface area (Å²) in [7, 11) is 1.38. The molecule has 0 spiro atoms. The molecule has 2 rings (SSSR count). The standard InChI is InChI=1S/C15H17NO2S/c1-15(2,3)14-16-11(13(17)18-4)12(19-14)10-8-6-5-7-9-10/h5-9H,1-4H3. The van der Waals surface area contributed by atoms with Crippen molar-refractivity contribution in [2.75, 3.05) is 7.11 Å². The van der Waals surface area contributed by atoms with E-state index in [1.54, 1.807) is 11.3 Å². The number of hydrogen-bond acceptors (Lipinski definition) is 4. The summed E-state index contributed by atoms with van der Waals surface area (Å²) in [6.07, 6.45) is 0. The van der Waals surface area contributed by atoms with Crippen molar-refractivity contribution >= 4 is 17.3 Å². The van der Waals surface area contributed by atoms with Crippen LogP contribution in [0.25, 0.3) is 10.4 Å². The van der Waals surface area contributed by atoms with Gasteiger partial charge in [-0.05, 0) is 5.56 Å². The molecule has 0 aliphatic rings. The highest BCUT2D eigenvalue weighted by Gasteiger charge is 2.25. The Kier molecular flexibility index (Phi) is 3.71. The molecule has 0 amide bonds. The third kappa shape index (κ3) is 2.84. The van der Waals surface area contributed by atoms with Gasteiger partial charge in [0.2, 0.25) is 0 Å². The minimum Gasteiger partial charge on any atom is -0.464 e. The Balaban J connectivity index is 2.59. The SMILES string of the molecule is COC(=O)c1nc(C(C)(C)C)sc1-c1ccccc1. The summed E-state index contributed by atoms with van der Waals surface area (Å²) >= 11 is 1.55. The number of carbonyl (C=O) groups is 1. The van der Waals surface area contributed by atoms with Crippen molar-refractivity contribution in [3.05, 3.63) is 41.0 Å². The second-order valence-corrected chi connectivity index (χ2v) is 6.30. The van der Waals surface area contributed by atoms with E-state index in [1.165, 1.54) is 7.11 Å². The number of benzene rings is 1. The zero-order valence-corrected chi connectivity index (χ0v) is 12.4. The van der Waals surface area contributed by atoms with Crippen molar-refractivity contribution in [1.29, 1.82) is 0 Å². The maximum absolute atomic E-state index is 11.9. The number of carbonyl (C=O) groups excluding carboxylic acids is 1. The highest BCUT2D eigenvalue weighted by Crippen LogP contribution is 2.36. The second kappa shape index (κ2) is 5.13. The van der Waals surface area contributed by atoms with Crippen LogP contribution < -0.4 is 0 Å². The molecule has 2 aromatic rings. The Labute approximate surface area is 117 Å². The molecule has 4 heteroatoms. The second-order valence-electron chi connectivity index (χ2n) is 5.30. The van der Waals surface area contributed by atoms with Gasteiger partial charge in [-0.2, -0.15) is 0 Å². The molecule has 19 heavy (non-hydrogen) atoms. The monoisotopic (exact) mass is 275 g/mol. The molecule has 0 radical (unpaired) electrons. The fourth-order valence-electron chi connectivity index (χ4n) is 1.66. The Hall–Kier alpha value is -1.68. The van der Waals surface area contributed by atoms with Crippen LogP contribution in [0.4, 0.5) is 0 Å². The lowest BCUT2D eigenvalue weighted by atomic mass is 9.98. The Morgan fingerprint density at radius 2 is 1.84 bits per heavy atom. The average molecular weight is 275 g/mol. The van der Waals surface area contributed by atoms with Crippen LogP contribution in [0, 0.1) is 0 Å². The molecular weight excluding hydrogens is 258 g/mol. The largest absolute Gasteiger partial charge is 0.464 e. The Morgan fingerprint density at radius 3 is 2.37 bits per heavy atom. The molecule has 0 unspecified atom stereocenters. The van der Waals surface area contributed by atoms with Gasteiger partial charge in [0.1, 0.15) is 0 Å². The molecule has 100 valence electrons.